The van der Waals surface area contributed by atoms with Crippen LogP contribution in [0.5, 0.6) is 0 Å². The largest absolute Gasteiger partial charge is 0.397 e. The van der Waals surface area contributed by atoms with E-state index in [1.54, 1.807) is 6.07 Å². The van der Waals surface area contributed by atoms with E-state index in [1.165, 1.54) is 0 Å². The Hall–Kier alpha value is -0.283. The predicted molar refractivity (Wildman–Crippen MR) is 86.2 cm³/mol. The summed E-state index contributed by atoms with van der Waals surface area (Å²) in [6, 6.07) is 5.51. The molecule has 104 valence electrons. The second-order valence-electron chi connectivity index (χ2n) is 5.68. The number of benzene rings is 1. The zero-order chi connectivity index (χ0) is 14.6. The highest BCUT2D eigenvalue weighted by Gasteiger charge is 2.18. The van der Waals surface area contributed by atoms with Crippen LogP contribution in [0.25, 0.3) is 5.57 Å². The third-order valence-corrected chi connectivity index (χ3v) is 4.87. The predicted octanol–water partition coefficient (Wildman–Crippen LogP) is 5.03. The molecular formula is C15H20Cl2OSi. The molecule has 1 unspecified atom stereocenters. The van der Waals surface area contributed by atoms with E-state index in [2.05, 4.69) is 27.4 Å². The number of aliphatic hydroxyl groups excluding tert-OH is 1. The van der Waals surface area contributed by atoms with Crippen LogP contribution >= 0.6 is 23.2 Å². The summed E-state index contributed by atoms with van der Waals surface area (Å²) in [5, 5.41) is 11.3. The molecule has 1 atom stereocenters. The van der Waals surface area contributed by atoms with E-state index in [-0.39, 0.29) is 10.8 Å². The molecule has 0 aliphatic rings. The Bertz CT molecular complexity index is 452. The summed E-state index contributed by atoms with van der Waals surface area (Å²) >= 11 is 11.9. The molecule has 4 heteroatoms. The van der Waals surface area contributed by atoms with Crippen molar-refractivity contribution < 1.29 is 5.11 Å². The van der Waals surface area contributed by atoms with Crippen LogP contribution in [0.3, 0.4) is 0 Å². The zero-order valence-electron chi connectivity index (χ0n) is 11.6. The quantitative estimate of drug-likeness (QED) is 0.756. The molecule has 19 heavy (non-hydrogen) atoms. The van der Waals surface area contributed by atoms with Gasteiger partial charge in [-0.3, -0.25) is 0 Å². The van der Waals surface area contributed by atoms with Gasteiger partial charge in [0.25, 0.3) is 0 Å². The van der Waals surface area contributed by atoms with E-state index < -0.39 is 0 Å². The molecule has 0 heterocycles. The topological polar surface area (TPSA) is 20.2 Å². The molecule has 0 saturated carbocycles. The van der Waals surface area contributed by atoms with Gasteiger partial charge in [-0.25, -0.2) is 0 Å². The monoisotopic (exact) mass is 314 g/mol. The second-order valence-corrected chi connectivity index (χ2v) is 8.95. The van der Waals surface area contributed by atoms with Gasteiger partial charge in [0, 0.05) is 5.73 Å². The highest BCUT2D eigenvalue weighted by atomic mass is 35.5. The first-order valence-electron chi connectivity index (χ1n) is 6.28. The Morgan fingerprint density at radius 2 is 1.95 bits per heavy atom. The summed E-state index contributed by atoms with van der Waals surface area (Å²) in [5.74, 6) is 0. The van der Waals surface area contributed by atoms with Crippen molar-refractivity contribution in [2.45, 2.75) is 44.4 Å². The lowest BCUT2D eigenvalue weighted by molar-refractivity contribution is 0.239. The lowest BCUT2D eigenvalue weighted by Gasteiger charge is -2.21. The molecule has 1 aromatic rings. The van der Waals surface area contributed by atoms with Gasteiger partial charge in [0.05, 0.1) is 19.6 Å². The van der Waals surface area contributed by atoms with Crippen molar-refractivity contribution in [3.8, 4) is 0 Å². The van der Waals surface area contributed by atoms with Crippen LogP contribution < -0.4 is 0 Å². The van der Waals surface area contributed by atoms with E-state index >= 15 is 0 Å². The molecular weight excluding hydrogens is 295 g/mol. The Morgan fingerprint density at radius 1 is 1.32 bits per heavy atom. The molecule has 0 fully saturated rings. The molecule has 2 radical (unpaired) electrons. The summed E-state index contributed by atoms with van der Waals surface area (Å²) in [7, 11) is 0.535. The van der Waals surface area contributed by atoms with Gasteiger partial charge >= 0.3 is 0 Å². The normalized spacial score (nSPS) is 13.4. The molecule has 1 nitrogen and oxygen atoms in total. The summed E-state index contributed by atoms with van der Waals surface area (Å²) < 4.78 is 0. The van der Waals surface area contributed by atoms with E-state index in [9.17, 15) is 5.11 Å². The van der Waals surface area contributed by atoms with Crippen LogP contribution in [-0.2, 0) is 0 Å². The Kier molecular flexibility index (Phi) is 6.12. The first kappa shape index (κ1) is 16.8. The average molecular weight is 315 g/mol. The average Bonchev–Trinajstić information content (AvgIpc) is 2.27. The Balaban J connectivity index is 2.53. The minimum absolute atomic E-state index is 0.171. The Labute approximate surface area is 128 Å². The summed E-state index contributed by atoms with van der Waals surface area (Å²) in [4.78, 5) is 0. The van der Waals surface area contributed by atoms with Gasteiger partial charge in [0.2, 0.25) is 0 Å². The molecule has 0 spiro atoms. The van der Waals surface area contributed by atoms with Crippen LogP contribution in [0, 0.1) is 0 Å². The van der Waals surface area contributed by atoms with Gasteiger partial charge in [-0.15, -0.1) is 0 Å². The van der Waals surface area contributed by atoms with Crippen molar-refractivity contribution in [2.75, 3.05) is 0 Å². The van der Waals surface area contributed by atoms with Gasteiger partial charge in [-0.1, -0.05) is 56.6 Å². The Morgan fingerprint density at radius 3 is 2.47 bits per heavy atom. The van der Waals surface area contributed by atoms with E-state index in [1.807, 2.05) is 12.1 Å². The number of hydrogen-bond donors (Lipinski definition) is 1. The van der Waals surface area contributed by atoms with Crippen molar-refractivity contribution >= 4 is 38.3 Å². The van der Waals surface area contributed by atoms with Crippen molar-refractivity contribution in [1.29, 1.82) is 0 Å². The molecule has 1 N–H and O–H groups in total. The SMILES string of the molecule is C=C(CCC(O)[Si]C(C)(C)C)c1ccc(Cl)c(Cl)c1. The minimum Gasteiger partial charge on any atom is -0.397 e. The number of aliphatic hydroxyl groups is 1. The molecule has 1 aromatic carbocycles. The van der Waals surface area contributed by atoms with Crippen molar-refractivity contribution in [2.24, 2.45) is 0 Å². The lowest BCUT2D eigenvalue weighted by Crippen LogP contribution is -2.24. The molecule has 0 amide bonds. The third kappa shape index (κ3) is 6.13. The van der Waals surface area contributed by atoms with Crippen LogP contribution in [-0.4, -0.2) is 20.4 Å². The fourth-order valence-electron chi connectivity index (χ4n) is 1.74. The van der Waals surface area contributed by atoms with Crippen LogP contribution in [0.4, 0.5) is 0 Å². The number of hydrogen-bond acceptors (Lipinski definition) is 1. The van der Waals surface area contributed by atoms with Gasteiger partial charge in [0.1, 0.15) is 0 Å². The molecule has 1 rings (SSSR count). The first-order valence-corrected chi connectivity index (χ1v) is 8.11. The van der Waals surface area contributed by atoms with Crippen molar-refractivity contribution in [3.05, 3.63) is 40.4 Å². The minimum atomic E-state index is -0.264. The molecule has 0 saturated heterocycles. The number of halogens is 2. The number of allylic oxidation sites excluding steroid dienone is 1. The lowest BCUT2D eigenvalue weighted by atomic mass is 10.0. The fraction of sp³-hybridized carbons (Fsp3) is 0.467. The summed E-state index contributed by atoms with van der Waals surface area (Å²) in [6.45, 7) is 10.5. The zero-order valence-corrected chi connectivity index (χ0v) is 14.1. The molecule has 0 aromatic heterocycles. The first-order chi connectivity index (χ1) is 8.69. The third-order valence-electron chi connectivity index (χ3n) is 2.65. The maximum atomic E-state index is 10.0. The van der Waals surface area contributed by atoms with Crippen LogP contribution in [0.1, 0.15) is 39.2 Å². The number of rotatable bonds is 5. The van der Waals surface area contributed by atoms with Crippen LogP contribution in [0.2, 0.25) is 15.1 Å². The fourth-order valence-corrected chi connectivity index (χ4v) is 3.33. The van der Waals surface area contributed by atoms with E-state index in [4.69, 9.17) is 23.2 Å². The van der Waals surface area contributed by atoms with Crippen molar-refractivity contribution in [1.82, 2.24) is 0 Å². The van der Waals surface area contributed by atoms with Gasteiger partial charge in [0.15, 0.2) is 0 Å². The van der Waals surface area contributed by atoms with Crippen molar-refractivity contribution in [3.63, 3.8) is 0 Å². The standard InChI is InChI=1S/C15H20Cl2OSi/c1-10(5-8-14(18)19-15(2,3)4)11-6-7-12(16)13(17)9-11/h6-7,9,14,18H,1,5,8H2,2-4H3. The van der Waals surface area contributed by atoms with Crippen LogP contribution in [0.15, 0.2) is 24.8 Å². The van der Waals surface area contributed by atoms with Gasteiger partial charge in [-0.2, -0.15) is 0 Å². The van der Waals surface area contributed by atoms with E-state index in [0.717, 1.165) is 24.0 Å². The maximum absolute atomic E-state index is 10.0. The highest BCUT2D eigenvalue weighted by Crippen LogP contribution is 2.28. The summed E-state index contributed by atoms with van der Waals surface area (Å²) in [5.41, 5.74) is 1.71. The summed E-state index contributed by atoms with van der Waals surface area (Å²) in [6.07, 6.45) is 1.50. The second kappa shape index (κ2) is 6.94. The smallest absolute Gasteiger partial charge is 0.0840 e. The van der Waals surface area contributed by atoms with Gasteiger partial charge < -0.3 is 5.11 Å². The van der Waals surface area contributed by atoms with E-state index in [0.29, 0.717) is 19.6 Å². The molecule has 0 aliphatic heterocycles. The maximum Gasteiger partial charge on any atom is 0.0840 e. The highest BCUT2D eigenvalue weighted by molar-refractivity contribution is 6.42. The van der Waals surface area contributed by atoms with Gasteiger partial charge in [-0.05, 0) is 41.1 Å². The molecule has 0 aliphatic carbocycles. The molecule has 0 bridgehead atoms.